The summed E-state index contributed by atoms with van der Waals surface area (Å²) in [5, 5.41) is 12.0. The maximum absolute atomic E-state index is 11.7. The number of aliphatic carboxylic acids is 1. The van der Waals surface area contributed by atoms with Crippen molar-refractivity contribution >= 4 is 11.9 Å². The van der Waals surface area contributed by atoms with E-state index in [1.54, 1.807) is 6.33 Å². The number of carboxylic acid groups (broad SMARTS) is 1. The lowest BCUT2D eigenvalue weighted by Gasteiger charge is -2.37. The third kappa shape index (κ3) is 4.41. The lowest BCUT2D eigenvalue weighted by molar-refractivity contribution is -0.141. The number of hydrogen-bond acceptors (Lipinski definition) is 3. The summed E-state index contributed by atoms with van der Waals surface area (Å²) in [7, 11) is 0. The van der Waals surface area contributed by atoms with Gasteiger partial charge in [-0.05, 0) is 16.7 Å². The quantitative estimate of drug-likeness (QED) is 0.409. The molecule has 1 heterocycles. The zero-order valence-electron chi connectivity index (χ0n) is 18.3. The predicted octanol–water partition coefficient (Wildman–Crippen LogP) is 3.86. The summed E-state index contributed by atoms with van der Waals surface area (Å²) >= 11 is 0. The van der Waals surface area contributed by atoms with Crippen LogP contribution in [0, 0.1) is 0 Å². The monoisotopic (exact) mass is 439 g/mol. The maximum Gasteiger partial charge on any atom is 0.326 e. The van der Waals surface area contributed by atoms with Crippen molar-refractivity contribution in [1.29, 1.82) is 0 Å². The minimum absolute atomic E-state index is 0.0797. The predicted molar refractivity (Wildman–Crippen MR) is 126 cm³/mol. The molecular weight excluding hydrogens is 414 g/mol. The molecule has 0 bridgehead atoms. The van der Waals surface area contributed by atoms with Gasteiger partial charge in [0.05, 0.1) is 12.0 Å². The second-order valence-electron chi connectivity index (χ2n) is 7.88. The van der Waals surface area contributed by atoms with Gasteiger partial charge in [-0.1, -0.05) is 91.0 Å². The van der Waals surface area contributed by atoms with Gasteiger partial charge in [0, 0.05) is 19.5 Å². The maximum atomic E-state index is 11.7. The summed E-state index contributed by atoms with van der Waals surface area (Å²) in [6, 6.07) is 29.4. The van der Waals surface area contributed by atoms with E-state index in [2.05, 4.69) is 46.7 Å². The molecule has 0 fully saturated rings. The van der Waals surface area contributed by atoms with Gasteiger partial charge in [0.1, 0.15) is 11.6 Å². The van der Waals surface area contributed by atoms with Crippen molar-refractivity contribution in [1.82, 2.24) is 14.9 Å². The Morgan fingerprint density at radius 2 is 1.33 bits per heavy atom. The van der Waals surface area contributed by atoms with E-state index in [1.165, 1.54) is 6.92 Å². The summed E-state index contributed by atoms with van der Waals surface area (Å²) in [6.45, 7) is 1.31. The van der Waals surface area contributed by atoms with Crippen LogP contribution in [-0.4, -0.2) is 32.6 Å². The smallest absolute Gasteiger partial charge is 0.326 e. The molecular formula is C27H25N3O3. The Balaban J connectivity index is 1.90. The molecule has 3 aromatic carbocycles. The average molecular weight is 440 g/mol. The van der Waals surface area contributed by atoms with Crippen molar-refractivity contribution < 1.29 is 14.7 Å². The van der Waals surface area contributed by atoms with Crippen molar-refractivity contribution in [3.05, 3.63) is 126 Å². The van der Waals surface area contributed by atoms with E-state index in [9.17, 15) is 14.7 Å². The fraction of sp³-hybridized carbons (Fsp3) is 0.148. The SMILES string of the molecule is CC(=O)N[C@@H](Cc1cn(C(c2ccccc2)(c2ccccc2)c2ccccc2)cn1)C(=O)O. The van der Waals surface area contributed by atoms with Gasteiger partial charge in [-0.25, -0.2) is 9.78 Å². The molecule has 166 valence electrons. The Labute approximate surface area is 192 Å². The van der Waals surface area contributed by atoms with Gasteiger partial charge >= 0.3 is 5.97 Å². The number of aromatic nitrogens is 2. The van der Waals surface area contributed by atoms with E-state index in [0.717, 1.165) is 16.7 Å². The van der Waals surface area contributed by atoms with Crippen LogP contribution in [0.25, 0.3) is 0 Å². The van der Waals surface area contributed by atoms with E-state index in [0.29, 0.717) is 5.69 Å². The highest BCUT2D eigenvalue weighted by molar-refractivity contribution is 5.82. The fourth-order valence-corrected chi connectivity index (χ4v) is 4.29. The Bertz CT molecular complexity index is 1120. The van der Waals surface area contributed by atoms with Gasteiger partial charge < -0.3 is 15.0 Å². The lowest BCUT2D eigenvalue weighted by Crippen LogP contribution is -2.41. The number of imidazole rings is 1. The summed E-state index contributed by atoms with van der Waals surface area (Å²) in [5.74, 6) is -1.49. The van der Waals surface area contributed by atoms with E-state index in [1.807, 2.05) is 65.4 Å². The first kappa shape index (κ1) is 22.0. The highest BCUT2D eigenvalue weighted by atomic mass is 16.4. The molecule has 0 unspecified atom stereocenters. The van der Waals surface area contributed by atoms with Crippen molar-refractivity contribution in [3.8, 4) is 0 Å². The van der Waals surface area contributed by atoms with Crippen LogP contribution in [0.15, 0.2) is 104 Å². The number of carbonyl (C=O) groups excluding carboxylic acids is 1. The molecule has 0 aliphatic heterocycles. The number of hydrogen-bond donors (Lipinski definition) is 2. The number of benzene rings is 3. The molecule has 0 saturated heterocycles. The Morgan fingerprint density at radius 3 is 1.73 bits per heavy atom. The van der Waals surface area contributed by atoms with E-state index < -0.39 is 23.5 Å². The van der Waals surface area contributed by atoms with Crippen LogP contribution in [0.4, 0.5) is 0 Å². The van der Waals surface area contributed by atoms with Crippen LogP contribution in [0.3, 0.4) is 0 Å². The first-order valence-corrected chi connectivity index (χ1v) is 10.7. The minimum Gasteiger partial charge on any atom is -0.480 e. The number of amides is 1. The molecule has 4 rings (SSSR count). The topological polar surface area (TPSA) is 84.2 Å². The fourth-order valence-electron chi connectivity index (χ4n) is 4.29. The van der Waals surface area contributed by atoms with Crippen LogP contribution in [0.1, 0.15) is 29.3 Å². The van der Waals surface area contributed by atoms with E-state index in [4.69, 9.17) is 0 Å². The van der Waals surface area contributed by atoms with Gasteiger partial charge in [0.25, 0.3) is 0 Å². The molecule has 1 atom stereocenters. The van der Waals surface area contributed by atoms with Crippen LogP contribution < -0.4 is 5.32 Å². The normalized spacial score (nSPS) is 12.2. The molecule has 0 aliphatic rings. The second kappa shape index (κ2) is 9.53. The Hall–Kier alpha value is -4.19. The zero-order valence-corrected chi connectivity index (χ0v) is 18.3. The minimum atomic E-state index is -1.10. The number of rotatable bonds is 8. The summed E-state index contributed by atoms with van der Waals surface area (Å²) < 4.78 is 2.02. The number of carboxylic acids is 1. The highest BCUT2D eigenvalue weighted by Crippen LogP contribution is 2.40. The van der Waals surface area contributed by atoms with Gasteiger partial charge in [-0.3, -0.25) is 4.79 Å². The second-order valence-corrected chi connectivity index (χ2v) is 7.88. The molecule has 1 aromatic heterocycles. The number of nitrogens with zero attached hydrogens (tertiary/aromatic N) is 2. The van der Waals surface area contributed by atoms with Crippen molar-refractivity contribution in [2.75, 3.05) is 0 Å². The molecule has 4 aromatic rings. The Morgan fingerprint density at radius 1 is 0.879 bits per heavy atom. The molecule has 33 heavy (non-hydrogen) atoms. The molecule has 0 radical (unpaired) electrons. The van der Waals surface area contributed by atoms with Gasteiger partial charge in [0.15, 0.2) is 0 Å². The van der Waals surface area contributed by atoms with Crippen molar-refractivity contribution in [2.45, 2.75) is 24.9 Å². The van der Waals surface area contributed by atoms with Crippen LogP contribution >= 0.6 is 0 Å². The van der Waals surface area contributed by atoms with Gasteiger partial charge in [-0.2, -0.15) is 0 Å². The number of carbonyl (C=O) groups is 2. The van der Waals surface area contributed by atoms with Crippen LogP contribution in [0.2, 0.25) is 0 Å². The Kier molecular flexibility index (Phi) is 6.36. The van der Waals surface area contributed by atoms with E-state index in [-0.39, 0.29) is 6.42 Å². The highest BCUT2D eigenvalue weighted by Gasteiger charge is 2.38. The van der Waals surface area contributed by atoms with Crippen molar-refractivity contribution in [3.63, 3.8) is 0 Å². The molecule has 0 aliphatic carbocycles. The molecule has 6 nitrogen and oxygen atoms in total. The van der Waals surface area contributed by atoms with Crippen LogP contribution in [0.5, 0.6) is 0 Å². The molecule has 2 N–H and O–H groups in total. The third-order valence-corrected chi connectivity index (χ3v) is 5.69. The van der Waals surface area contributed by atoms with E-state index >= 15 is 0 Å². The lowest BCUT2D eigenvalue weighted by atomic mass is 9.77. The van der Waals surface area contributed by atoms with Gasteiger partial charge in [0.2, 0.25) is 5.91 Å². The summed E-state index contributed by atoms with van der Waals surface area (Å²) in [5.41, 5.74) is 2.99. The standard InChI is InChI=1S/C27H25N3O3/c1-20(31)29-25(26(32)33)17-24-18-30(19-28-24)27(21-11-5-2-6-12-21,22-13-7-3-8-14-22)23-15-9-4-10-16-23/h2-16,18-19,25H,17H2,1H3,(H,29,31)(H,32,33)/t25-/m0/s1. The largest absolute Gasteiger partial charge is 0.480 e. The van der Waals surface area contributed by atoms with Crippen LogP contribution in [-0.2, 0) is 21.5 Å². The summed E-state index contributed by atoms with van der Waals surface area (Å²) in [6.07, 6.45) is 3.68. The van der Waals surface area contributed by atoms with Gasteiger partial charge in [-0.15, -0.1) is 0 Å². The molecule has 1 amide bonds. The summed E-state index contributed by atoms with van der Waals surface area (Å²) in [4.78, 5) is 27.7. The molecule has 6 heteroatoms. The zero-order chi connectivity index (χ0) is 23.3. The first-order valence-electron chi connectivity index (χ1n) is 10.7. The van der Waals surface area contributed by atoms with Crippen molar-refractivity contribution in [2.24, 2.45) is 0 Å². The molecule has 0 spiro atoms. The third-order valence-electron chi connectivity index (χ3n) is 5.69. The average Bonchev–Trinajstić information content (AvgIpc) is 3.30. The molecule has 0 saturated carbocycles. The number of nitrogens with one attached hydrogen (secondary N) is 1. The first-order chi connectivity index (χ1) is 16.0.